The van der Waals surface area contributed by atoms with Gasteiger partial charge in [-0.05, 0) is 41.5 Å². The average Bonchev–Trinajstić information content (AvgIpc) is 2.83. The minimum atomic E-state index is -0.736. The maximum absolute atomic E-state index is 13.5. The molecular formula is C24H19FN2O5. The van der Waals surface area contributed by atoms with Crippen LogP contribution in [0.5, 0.6) is 11.5 Å². The van der Waals surface area contributed by atoms with Gasteiger partial charge in [0, 0.05) is 29.8 Å². The Bertz CT molecular complexity index is 1330. The summed E-state index contributed by atoms with van der Waals surface area (Å²) in [7, 11) is 3.06. The SMILES string of the molecule is COc1cc(CNC(=O)c2oc(=O)c3ncccc3c2-c2ccc(F)cc2)cc(OC)c1. The van der Waals surface area contributed by atoms with Gasteiger partial charge in [0.1, 0.15) is 17.3 Å². The van der Waals surface area contributed by atoms with Crippen molar-refractivity contribution in [3.63, 3.8) is 0 Å². The molecule has 4 aromatic rings. The number of aromatic nitrogens is 1. The first-order valence-corrected chi connectivity index (χ1v) is 9.68. The summed E-state index contributed by atoms with van der Waals surface area (Å²) in [4.78, 5) is 29.6. The normalized spacial score (nSPS) is 10.7. The van der Waals surface area contributed by atoms with Crippen molar-refractivity contribution in [3.8, 4) is 22.6 Å². The summed E-state index contributed by atoms with van der Waals surface area (Å²) in [5.74, 6) is -0.0645. The molecule has 0 aliphatic carbocycles. The second-order valence-electron chi connectivity index (χ2n) is 6.90. The second-order valence-corrected chi connectivity index (χ2v) is 6.90. The molecule has 0 unspecified atom stereocenters. The number of amides is 1. The fourth-order valence-corrected chi connectivity index (χ4v) is 3.38. The molecule has 162 valence electrons. The molecule has 2 heterocycles. The Morgan fingerprint density at radius 1 is 1.06 bits per heavy atom. The van der Waals surface area contributed by atoms with Crippen molar-refractivity contribution in [1.82, 2.24) is 10.3 Å². The fourth-order valence-electron chi connectivity index (χ4n) is 3.38. The van der Waals surface area contributed by atoms with Gasteiger partial charge >= 0.3 is 5.63 Å². The first-order valence-electron chi connectivity index (χ1n) is 9.68. The minimum absolute atomic E-state index is 0.0842. The molecule has 2 aromatic carbocycles. The third-order valence-electron chi connectivity index (χ3n) is 4.90. The third kappa shape index (κ3) is 4.15. The van der Waals surface area contributed by atoms with Gasteiger partial charge in [-0.3, -0.25) is 4.79 Å². The van der Waals surface area contributed by atoms with Gasteiger partial charge in [0.25, 0.3) is 5.91 Å². The predicted molar refractivity (Wildman–Crippen MR) is 116 cm³/mol. The molecular weight excluding hydrogens is 415 g/mol. The highest BCUT2D eigenvalue weighted by molar-refractivity contribution is 6.06. The number of ether oxygens (including phenoxy) is 2. The van der Waals surface area contributed by atoms with E-state index >= 15 is 0 Å². The number of nitrogens with one attached hydrogen (secondary N) is 1. The first-order chi connectivity index (χ1) is 15.5. The van der Waals surface area contributed by atoms with E-state index in [-0.39, 0.29) is 17.8 Å². The number of methoxy groups -OCH3 is 2. The van der Waals surface area contributed by atoms with Crippen LogP contribution in [0.15, 0.2) is 70.0 Å². The van der Waals surface area contributed by atoms with Crippen molar-refractivity contribution >= 4 is 16.8 Å². The number of rotatable bonds is 6. The summed E-state index contributed by atoms with van der Waals surface area (Å²) in [6, 6.07) is 14.1. The number of benzene rings is 2. The molecule has 32 heavy (non-hydrogen) atoms. The molecule has 0 saturated heterocycles. The molecule has 4 rings (SSSR count). The lowest BCUT2D eigenvalue weighted by atomic mass is 9.99. The van der Waals surface area contributed by atoms with E-state index in [4.69, 9.17) is 13.9 Å². The zero-order valence-electron chi connectivity index (χ0n) is 17.3. The van der Waals surface area contributed by atoms with Crippen LogP contribution in [0.2, 0.25) is 0 Å². The Morgan fingerprint density at radius 3 is 2.41 bits per heavy atom. The van der Waals surface area contributed by atoms with Crippen LogP contribution in [0.4, 0.5) is 4.39 Å². The first kappa shape index (κ1) is 21.0. The number of hydrogen-bond acceptors (Lipinski definition) is 6. The number of hydrogen-bond donors (Lipinski definition) is 1. The van der Waals surface area contributed by atoms with Gasteiger partial charge in [-0.25, -0.2) is 14.2 Å². The van der Waals surface area contributed by atoms with Crippen molar-refractivity contribution < 1.29 is 23.1 Å². The smallest absolute Gasteiger partial charge is 0.363 e. The Balaban J connectivity index is 1.75. The lowest BCUT2D eigenvalue weighted by Crippen LogP contribution is -2.25. The third-order valence-corrected chi connectivity index (χ3v) is 4.90. The standard InChI is InChI=1S/C24H19FN2O5/c1-30-17-10-14(11-18(12-17)31-2)13-27-23(28)22-20(15-5-7-16(25)8-6-15)19-4-3-9-26-21(19)24(29)32-22/h3-12H,13H2,1-2H3,(H,27,28). The van der Waals surface area contributed by atoms with Crippen molar-refractivity contribution in [1.29, 1.82) is 0 Å². The van der Waals surface area contributed by atoms with Crippen molar-refractivity contribution in [2.75, 3.05) is 14.2 Å². The minimum Gasteiger partial charge on any atom is -0.497 e. The number of carbonyl (C=O) groups is 1. The Kier molecular flexibility index (Phi) is 5.85. The van der Waals surface area contributed by atoms with E-state index in [1.807, 2.05) is 0 Å². The molecule has 0 saturated carbocycles. The lowest BCUT2D eigenvalue weighted by Gasteiger charge is -2.13. The van der Waals surface area contributed by atoms with Crippen LogP contribution in [0.3, 0.4) is 0 Å². The van der Waals surface area contributed by atoms with Gasteiger partial charge < -0.3 is 19.2 Å². The number of fused-ring (bicyclic) bond motifs is 1. The fraction of sp³-hybridized carbons (Fsp3) is 0.125. The maximum atomic E-state index is 13.5. The number of nitrogens with zero attached hydrogens (tertiary/aromatic N) is 1. The maximum Gasteiger partial charge on any atom is 0.363 e. The van der Waals surface area contributed by atoms with Crippen molar-refractivity contribution in [3.05, 3.63) is 88.4 Å². The van der Waals surface area contributed by atoms with Gasteiger partial charge in [0.2, 0.25) is 5.76 Å². The van der Waals surface area contributed by atoms with Crippen molar-refractivity contribution in [2.45, 2.75) is 6.54 Å². The highest BCUT2D eigenvalue weighted by atomic mass is 19.1. The zero-order valence-corrected chi connectivity index (χ0v) is 17.3. The van der Waals surface area contributed by atoms with Gasteiger partial charge in [-0.1, -0.05) is 18.2 Å². The molecule has 2 aromatic heterocycles. The zero-order chi connectivity index (χ0) is 22.7. The number of pyridine rings is 1. The van der Waals surface area contributed by atoms with E-state index in [9.17, 15) is 14.0 Å². The van der Waals surface area contributed by atoms with Gasteiger partial charge in [0.15, 0.2) is 5.52 Å². The molecule has 8 heteroatoms. The van der Waals surface area contributed by atoms with Gasteiger partial charge in [-0.2, -0.15) is 0 Å². The van der Waals surface area contributed by atoms with E-state index in [0.717, 1.165) is 5.56 Å². The molecule has 0 radical (unpaired) electrons. The number of carbonyl (C=O) groups excluding carboxylic acids is 1. The van der Waals surface area contributed by atoms with Crippen LogP contribution in [0, 0.1) is 5.82 Å². The van der Waals surface area contributed by atoms with Crippen LogP contribution in [-0.2, 0) is 6.54 Å². The Morgan fingerprint density at radius 2 is 1.75 bits per heavy atom. The van der Waals surface area contributed by atoms with Crippen LogP contribution in [0.1, 0.15) is 16.1 Å². The largest absolute Gasteiger partial charge is 0.497 e. The summed E-state index contributed by atoms with van der Waals surface area (Å²) >= 11 is 0. The lowest BCUT2D eigenvalue weighted by molar-refractivity contribution is 0.0920. The molecule has 0 atom stereocenters. The molecule has 0 fully saturated rings. The molecule has 7 nitrogen and oxygen atoms in total. The van der Waals surface area contributed by atoms with E-state index in [1.54, 1.807) is 30.3 Å². The molecule has 0 bridgehead atoms. The molecule has 0 aliphatic heterocycles. The van der Waals surface area contributed by atoms with Crippen molar-refractivity contribution in [2.24, 2.45) is 0 Å². The molecule has 1 amide bonds. The van der Waals surface area contributed by atoms with Crippen LogP contribution in [0.25, 0.3) is 22.0 Å². The average molecular weight is 434 g/mol. The summed E-state index contributed by atoms with van der Waals surface area (Å²) in [5.41, 5.74) is 0.943. The van der Waals surface area contributed by atoms with E-state index < -0.39 is 17.3 Å². The quantitative estimate of drug-likeness (QED) is 0.494. The van der Waals surface area contributed by atoms with E-state index in [1.165, 1.54) is 44.7 Å². The van der Waals surface area contributed by atoms with E-state index in [2.05, 4.69) is 10.3 Å². The topological polar surface area (TPSA) is 90.7 Å². The summed E-state index contributed by atoms with van der Waals surface area (Å²) in [6.45, 7) is 0.129. The summed E-state index contributed by atoms with van der Waals surface area (Å²) < 4.78 is 29.4. The summed E-state index contributed by atoms with van der Waals surface area (Å²) in [5, 5.41) is 3.19. The molecule has 0 aliphatic rings. The number of halogens is 1. The van der Waals surface area contributed by atoms with Gasteiger partial charge in [-0.15, -0.1) is 0 Å². The monoisotopic (exact) mass is 434 g/mol. The van der Waals surface area contributed by atoms with Crippen LogP contribution >= 0.6 is 0 Å². The second kappa shape index (κ2) is 8.89. The molecule has 0 spiro atoms. The Hall–Kier alpha value is -4.20. The van der Waals surface area contributed by atoms with Crippen LogP contribution in [-0.4, -0.2) is 25.1 Å². The summed E-state index contributed by atoms with van der Waals surface area (Å²) in [6.07, 6.45) is 1.46. The van der Waals surface area contributed by atoms with E-state index in [0.29, 0.717) is 28.0 Å². The predicted octanol–water partition coefficient (Wildman–Crippen LogP) is 3.94. The van der Waals surface area contributed by atoms with Gasteiger partial charge in [0.05, 0.1) is 14.2 Å². The highest BCUT2D eigenvalue weighted by Crippen LogP contribution is 2.30. The Labute approximate surface area is 182 Å². The molecule has 1 N–H and O–H groups in total. The highest BCUT2D eigenvalue weighted by Gasteiger charge is 2.22. The van der Waals surface area contributed by atoms with Crippen LogP contribution < -0.4 is 20.4 Å².